The van der Waals surface area contributed by atoms with E-state index in [0.717, 1.165) is 25.9 Å². The lowest BCUT2D eigenvalue weighted by Gasteiger charge is -2.40. The highest BCUT2D eigenvalue weighted by atomic mass is 32.2. The molecule has 0 unspecified atom stereocenters. The van der Waals surface area contributed by atoms with Gasteiger partial charge in [0.2, 0.25) is 10.0 Å². The predicted molar refractivity (Wildman–Crippen MR) is 91.1 cm³/mol. The summed E-state index contributed by atoms with van der Waals surface area (Å²) in [6.07, 6.45) is 1.59. The van der Waals surface area contributed by atoms with Gasteiger partial charge in [-0.3, -0.25) is 9.69 Å². The molecule has 6 heteroatoms. The molecule has 23 heavy (non-hydrogen) atoms. The van der Waals surface area contributed by atoms with Crippen LogP contribution in [0.2, 0.25) is 0 Å². The van der Waals surface area contributed by atoms with Crippen LogP contribution in [0, 0.1) is 0 Å². The van der Waals surface area contributed by atoms with Gasteiger partial charge in [0, 0.05) is 30.2 Å². The third kappa shape index (κ3) is 4.62. The van der Waals surface area contributed by atoms with E-state index >= 15 is 0 Å². The SMILES string of the molecule is CC(=O)c1cccc(S(=O)(=O)NC2CCN(C(C)(C)C)CC2)c1. The molecule has 0 spiro atoms. The molecule has 0 amide bonds. The molecule has 1 aliphatic rings. The van der Waals surface area contributed by atoms with E-state index in [9.17, 15) is 13.2 Å². The quantitative estimate of drug-likeness (QED) is 0.856. The summed E-state index contributed by atoms with van der Waals surface area (Å²) in [7, 11) is -3.59. The molecule has 1 aliphatic heterocycles. The maximum Gasteiger partial charge on any atom is 0.240 e. The van der Waals surface area contributed by atoms with Gasteiger partial charge in [-0.25, -0.2) is 13.1 Å². The van der Waals surface area contributed by atoms with Gasteiger partial charge < -0.3 is 0 Å². The summed E-state index contributed by atoms with van der Waals surface area (Å²) in [4.78, 5) is 13.9. The van der Waals surface area contributed by atoms with Crippen LogP contribution in [-0.4, -0.2) is 43.8 Å². The lowest BCUT2D eigenvalue weighted by molar-refractivity contribution is 0.100. The summed E-state index contributed by atoms with van der Waals surface area (Å²) in [5.41, 5.74) is 0.523. The molecule has 1 fully saturated rings. The molecule has 1 aromatic carbocycles. The second-order valence-electron chi connectivity index (χ2n) is 7.14. The molecule has 0 bridgehead atoms. The van der Waals surface area contributed by atoms with E-state index in [1.165, 1.54) is 19.1 Å². The fraction of sp³-hybridized carbons (Fsp3) is 0.588. The largest absolute Gasteiger partial charge is 0.298 e. The number of piperidine rings is 1. The van der Waals surface area contributed by atoms with E-state index in [1.54, 1.807) is 12.1 Å². The Hall–Kier alpha value is -1.24. The number of hydrogen-bond donors (Lipinski definition) is 1. The van der Waals surface area contributed by atoms with Crippen molar-refractivity contribution >= 4 is 15.8 Å². The van der Waals surface area contributed by atoms with Gasteiger partial charge in [-0.1, -0.05) is 12.1 Å². The van der Waals surface area contributed by atoms with Gasteiger partial charge in [0.05, 0.1) is 4.90 Å². The molecule has 1 N–H and O–H groups in total. The van der Waals surface area contributed by atoms with Crippen LogP contribution in [0.4, 0.5) is 0 Å². The van der Waals surface area contributed by atoms with Gasteiger partial charge in [0.1, 0.15) is 0 Å². The number of benzene rings is 1. The van der Waals surface area contributed by atoms with Crippen LogP contribution in [0.3, 0.4) is 0 Å². The summed E-state index contributed by atoms with van der Waals surface area (Å²) in [5.74, 6) is -0.138. The van der Waals surface area contributed by atoms with Crippen LogP contribution in [0.1, 0.15) is 50.9 Å². The molecule has 0 aliphatic carbocycles. The van der Waals surface area contributed by atoms with Gasteiger partial charge in [-0.2, -0.15) is 0 Å². The van der Waals surface area contributed by atoms with Crippen LogP contribution in [0.25, 0.3) is 0 Å². The average molecular weight is 338 g/mol. The molecule has 0 aromatic heterocycles. The van der Waals surface area contributed by atoms with Gasteiger partial charge in [-0.05, 0) is 52.7 Å². The number of carbonyl (C=O) groups is 1. The summed E-state index contributed by atoms with van der Waals surface area (Å²) in [5, 5.41) is 0. The molecule has 128 valence electrons. The Labute approximate surface area is 139 Å². The molecule has 2 rings (SSSR count). The highest BCUT2D eigenvalue weighted by Gasteiger charge is 2.29. The standard InChI is InChI=1S/C17H26N2O3S/c1-13(20)14-6-5-7-16(12-14)23(21,22)18-15-8-10-19(11-9-15)17(2,3)4/h5-7,12,15,18H,8-11H2,1-4H3. The van der Waals surface area contributed by atoms with Crippen molar-refractivity contribution in [1.82, 2.24) is 9.62 Å². The number of likely N-dealkylation sites (tertiary alicyclic amines) is 1. The van der Waals surface area contributed by atoms with Crippen molar-refractivity contribution in [2.45, 2.75) is 57.0 Å². The second kappa shape index (κ2) is 6.71. The number of Topliss-reactive ketones (excluding diaryl/α,β-unsaturated/α-hetero) is 1. The van der Waals surface area contributed by atoms with Crippen molar-refractivity contribution in [2.24, 2.45) is 0 Å². The second-order valence-corrected chi connectivity index (χ2v) is 8.85. The summed E-state index contributed by atoms with van der Waals surface area (Å²) in [6.45, 7) is 9.70. The highest BCUT2D eigenvalue weighted by Crippen LogP contribution is 2.21. The Bertz CT molecular complexity index is 669. The van der Waals surface area contributed by atoms with Crippen molar-refractivity contribution in [3.05, 3.63) is 29.8 Å². The molecule has 0 radical (unpaired) electrons. The Balaban J connectivity index is 2.05. The third-order valence-corrected chi connectivity index (χ3v) is 5.83. The minimum absolute atomic E-state index is 0.0559. The minimum Gasteiger partial charge on any atom is -0.298 e. The molecular weight excluding hydrogens is 312 g/mol. The lowest BCUT2D eigenvalue weighted by Crippen LogP contribution is -2.50. The van der Waals surface area contributed by atoms with Crippen molar-refractivity contribution in [3.8, 4) is 0 Å². The van der Waals surface area contributed by atoms with Crippen LogP contribution in [0.5, 0.6) is 0 Å². The van der Waals surface area contributed by atoms with E-state index < -0.39 is 10.0 Å². The average Bonchev–Trinajstić information content (AvgIpc) is 2.46. The summed E-state index contributed by atoms with van der Waals surface area (Å²) in [6, 6.07) is 6.14. The topological polar surface area (TPSA) is 66.5 Å². The Kier molecular flexibility index (Phi) is 5.28. The van der Waals surface area contributed by atoms with Gasteiger partial charge >= 0.3 is 0 Å². The van der Waals surface area contributed by atoms with Gasteiger partial charge in [-0.15, -0.1) is 0 Å². The van der Waals surface area contributed by atoms with E-state index in [1.807, 2.05) is 0 Å². The number of nitrogens with zero attached hydrogens (tertiary/aromatic N) is 1. The third-order valence-electron chi connectivity index (χ3n) is 4.32. The van der Waals surface area contributed by atoms with E-state index in [-0.39, 0.29) is 22.3 Å². The number of hydrogen-bond acceptors (Lipinski definition) is 4. The minimum atomic E-state index is -3.59. The molecule has 5 nitrogen and oxygen atoms in total. The number of ketones is 1. The molecular formula is C17H26N2O3S. The fourth-order valence-electron chi connectivity index (χ4n) is 2.84. The fourth-order valence-corrected chi connectivity index (χ4v) is 4.19. The molecule has 1 saturated heterocycles. The first-order valence-electron chi connectivity index (χ1n) is 7.98. The van der Waals surface area contributed by atoms with Crippen molar-refractivity contribution in [2.75, 3.05) is 13.1 Å². The first kappa shape index (κ1) is 18.1. The van der Waals surface area contributed by atoms with Crippen molar-refractivity contribution < 1.29 is 13.2 Å². The Morgan fingerprint density at radius 1 is 1.22 bits per heavy atom. The van der Waals surface area contributed by atoms with Crippen LogP contribution in [0.15, 0.2) is 29.2 Å². The highest BCUT2D eigenvalue weighted by molar-refractivity contribution is 7.89. The zero-order chi connectivity index (χ0) is 17.3. The van der Waals surface area contributed by atoms with Crippen molar-refractivity contribution in [1.29, 1.82) is 0 Å². The number of rotatable bonds is 4. The van der Waals surface area contributed by atoms with Crippen LogP contribution >= 0.6 is 0 Å². The number of carbonyl (C=O) groups excluding carboxylic acids is 1. The first-order chi connectivity index (χ1) is 10.6. The van der Waals surface area contributed by atoms with E-state index in [4.69, 9.17) is 0 Å². The van der Waals surface area contributed by atoms with E-state index in [0.29, 0.717) is 5.56 Å². The molecule has 0 saturated carbocycles. The summed E-state index contributed by atoms with van der Waals surface area (Å²) >= 11 is 0. The first-order valence-corrected chi connectivity index (χ1v) is 9.46. The maximum absolute atomic E-state index is 12.5. The zero-order valence-electron chi connectivity index (χ0n) is 14.3. The molecule has 1 aromatic rings. The molecule has 0 atom stereocenters. The zero-order valence-corrected chi connectivity index (χ0v) is 15.1. The van der Waals surface area contributed by atoms with Crippen LogP contribution in [-0.2, 0) is 10.0 Å². The van der Waals surface area contributed by atoms with Gasteiger partial charge in [0.15, 0.2) is 5.78 Å². The maximum atomic E-state index is 12.5. The smallest absolute Gasteiger partial charge is 0.240 e. The van der Waals surface area contributed by atoms with Gasteiger partial charge in [0.25, 0.3) is 0 Å². The Morgan fingerprint density at radius 3 is 2.35 bits per heavy atom. The lowest BCUT2D eigenvalue weighted by atomic mass is 9.99. The predicted octanol–water partition coefficient (Wildman–Crippen LogP) is 2.43. The van der Waals surface area contributed by atoms with Crippen LogP contribution < -0.4 is 4.72 Å². The Morgan fingerprint density at radius 2 is 1.83 bits per heavy atom. The van der Waals surface area contributed by atoms with E-state index in [2.05, 4.69) is 30.4 Å². The van der Waals surface area contributed by atoms with Crippen molar-refractivity contribution in [3.63, 3.8) is 0 Å². The normalized spacial score (nSPS) is 18.1. The summed E-state index contributed by atoms with van der Waals surface area (Å²) < 4.78 is 27.8. The monoisotopic (exact) mass is 338 g/mol. The molecule has 1 heterocycles. The number of sulfonamides is 1. The number of nitrogens with one attached hydrogen (secondary N) is 1.